The molecule has 0 bridgehead atoms. The summed E-state index contributed by atoms with van der Waals surface area (Å²) in [7, 11) is 0. The molecule has 2 aromatic heterocycles. The fourth-order valence-electron chi connectivity index (χ4n) is 1.65. The Morgan fingerprint density at radius 1 is 1.25 bits per heavy atom. The van der Waals surface area contributed by atoms with E-state index in [1.165, 1.54) is 11.3 Å². The van der Waals surface area contributed by atoms with Crippen molar-refractivity contribution in [3.05, 3.63) is 56.4 Å². The first-order valence-corrected chi connectivity index (χ1v) is 8.56. The van der Waals surface area contributed by atoms with Crippen LogP contribution in [0.2, 0.25) is 0 Å². The molecule has 3 nitrogen and oxygen atoms in total. The van der Waals surface area contributed by atoms with Gasteiger partial charge in [0, 0.05) is 9.26 Å². The first kappa shape index (κ1) is 13.7. The van der Waals surface area contributed by atoms with Crippen LogP contribution in [0.15, 0.2) is 48.0 Å². The lowest BCUT2D eigenvalue weighted by Crippen LogP contribution is -2.10. The number of nitrogens with zero attached hydrogens (tertiary/aromatic N) is 1. The molecule has 0 atom stereocenters. The van der Waals surface area contributed by atoms with E-state index in [2.05, 4.69) is 32.9 Å². The van der Waals surface area contributed by atoms with Gasteiger partial charge < -0.3 is 5.32 Å². The normalized spacial score (nSPS) is 10.4. The van der Waals surface area contributed by atoms with Crippen LogP contribution in [-0.4, -0.2) is 10.9 Å². The number of rotatable bonds is 3. The Morgan fingerprint density at radius 2 is 2.15 bits per heavy atom. The fourth-order valence-corrected chi connectivity index (χ4v) is 3.81. The van der Waals surface area contributed by atoms with Gasteiger partial charge in [-0.3, -0.25) is 4.79 Å². The Balaban J connectivity index is 1.78. The molecule has 3 aromatic rings. The summed E-state index contributed by atoms with van der Waals surface area (Å²) in [5.74, 6) is -0.118. The number of hydrogen-bond donors (Lipinski definition) is 1. The van der Waals surface area contributed by atoms with Crippen molar-refractivity contribution < 1.29 is 4.79 Å². The molecule has 1 amide bonds. The number of amides is 1. The Labute approximate surface area is 137 Å². The van der Waals surface area contributed by atoms with E-state index < -0.39 is 0 Å². The Morgan fingerprint density at radius 3 is 2.90 bits per heavy atom. The van der Waals surface area contributed by atoms with E-state index in [0.717, 1.165) is 19.1 Å². The van der Waals surface area contributed by atoms with E-state index in [1.54, 1.807) is 17.5 Å². The van der Waals surface area contributed by atoms with Crippen LogP contribution in [0.5, 0.6) is 0 Å². The summed E-state index contributed by atoms with van der Waals surface area (Å²) in [5.41, 5.74) is 0.799. The molecule has 0 aliphatic carbocycles. The summed E-state index contributed by atoms with van der Waals surface area (Å²) in [4.78, 5) is 18.2. The van der Waals surface area contributed by atoms with Gasteiger partial charge in [0.05, 0.1) is 11.1 Å². The summed E-state index contributed by atoms with van der Waals surface area (Å²) < 4.78 is 1.09. The first-order chi connectivity index (χ1) is 9.72. The van der Waals surface area contributed by atoms with E-state index in [1.807, 2.05) is 41.8 Å². The topological polar surface area (TPSA) is 42.0 Å². The van der Waals surface area contributed by atoms with Crippen molar-refractivity contribution in [3.63, 3.8) is 0 Å². The Kier molecular flexibility index (Phi) is 4.13. The minimum Gasteiger partial charge on any atom is -0.321 e. The maximum absolute atomic E-state index is 12.2. The minimum absolute atomic E-state index is 0.118. The highest BCUT2D eigenvalue weighted by molar-refractivity contribution is 14.1. The van der Waals surface area contributed by atoms with Crippen LogP contribution in [0, 0.1) is 3.57 Å². The number of nitrogens with one attached hydrogen (secondary N) is 1. The second-order valence-corrected chi connectivity index (χ2v) is 7.20. The predicted octanol–water partition coefficient (Wildman–Crippen LogP) is 4.73. The van der Waals surface area contributed by atoms with E-state index in [0.29, 0.717) is 4.88 Å². The molecule has 2 heterocycles. The predicted molar refractivity (Wildman–Crippen MR) is 92.5 cm³/mol. The van der Waals surface area contributed by atoms with Crippen molar-refractivity contribution in [3.8, 4) is 9.88 Å². The number of thiazole rings is 1. The molecule has 0 saturated carbocycles. The van der Waals surface area contributed by atoms with Gasteiger partial charge in [0.1, 0.15) is 9.88 Å². The molecule has 100 valence electrons. The molecule has 0 spiro atoms. The van der Waals surface area contributed by atoms with Crippen molar-refractivity contribution in [2.45, 2.75) is 0 Å². The second kappa shape index (κ2) is 6.02. The van der Waals surface area contributed by atoms with Crippen molar-refractivity contribution in [1.82, 2.24) is 4.98 Å². The average molecular weight is 412 g/mol. The molecule has 0 fully saturated rings. The molecule has 6 heteroatoms. The maximum atomic E-state index is 12.2. The van der Waals surface area contributed by atoms with Gasteiger partial charge in [-0.05, 0) is 52.2 Å². The molecule has 0 aliphatic rings. The smallest absolute Gasteiger partial charge is 0.267 e. The molecule has 0 aliphatic heterocycles. The van der Waals surface area contributed by atoms with Crippen molar-refractivity contribution in [1.29, 1.82) is 0 Å². The summed E-state index contributed by atoms with van der Waals surface area (Å²) in [6.45, 7) is 0. The molecule has 1 aromatic carbocycles. The van der Waals surface area contributed by atoms with Crippen LogP contribution in [-0.2, 0) is 0 Å². The average Bonchev–Trinajstić information content (AvgIpc) is 3.10. The first-order valence-electron chi connectivity index (χ1n) is 5.79. The highest BCUT2D eigenvalue weighted by atomic mass is 127. The van der Waals surface area contributed by atoms with Gasteiger partial charge in [-0.1, -0.05) is 12.1 Å². The molecule has 0 radical (unpaired) electrons. The summed E-state index contributed by atoms with van der Waals surface area (Å²) in [6.07, 6.45) is 1.63. The van der Waals surface area contributed by atoms with Gasteiger partial charge in [0.25, 0.3) is 5.91 Å². The quantitative estimate of drug-likeness (QED) is 0.633. The third-order valence-corrected chi connectivity index (χ3v) is 5.25. The molecular formula is C14H9IN2OS2. The number of hydrogen-bond acceptors (Lipinski definition) is 4. The van der Waals surface area contributed by atoms with E-state index >= 15 is 0 Å². The number of benzene rings is 1. The van der Waals surface area contributed by atoms with E-state index in [4.69, 9.17) is 0 Å². The third kappa shape index (κ3) is 3.08. The number of carbonyl (C=O) groups excluding carboxylic acids is 1. The van der Waals surface area contributed by atoms with Crippen molar-refractivity contribution >= 4 is 56.9 Å². The zero-order chi connectivity index (χ0) is 13.9. The minimum atomic E-state index is -0.118. The molecule has 20 heavy (non-hydrogen) atoms. The van der Waals surface area contributed by atoms with Crippen molar-refractivity contribution in [2.75, 3.05) is 5.32 Å². The standard InChI is InChI=1S/C14H9IN2OS2/c15-9-3-1-4-10(7-9)17-13(18)12-8-16-14(20-12)11-5-2-6-19-11/h1-8H,(H,17,18). The summed E-state index contributed by atoms with van der Waals surface area (Å²) >= 11 is 5.25. The summed E-state index contributed by atoms with van der Waals surface area (Å²) in [6, 6.07) is 11.7. The zero-order valence-corrected chi connectivity index (χ0v) is 14.0. The van der Waals surface area contributed by atoms with Gasteiger partial charge in [0.15, 0.2) is 0 Å². The maximum Gasteiger partial charge on any atom is 0.267 e. The van der Waals surface area contributed by atoms with E-state index in [9.17, 15) is 4.79 Å². The lowest BCUT2D eigenvalue weighted by atomic mass is 10.3. The number of carbonyl (C=O) groups is 1. The number of halogens is 1. The van der Waals surface area contributed by atoms with Crippen LogP contribution < -0.4 is 5.32 Å². The second-order valence-electron chi connectivity index (χ2n) is 3.97. The van der Waals surface area contributed by atoms with Gasteiger partial charge in [0.2, 0.25) is 0 Å². The fraction of sp³-hybridized carbons (Fsp3) is 0. The van der Waals surface area contributed by atoms with Crippen molar-refractivity contribution in [2.24, 2.45) is 0 Å². The highest BCUT2D eigenvalue weighted by Gasteiger charge is 2.12. The Bertz CT molecular complexity index is 737. The SMILES string of the molecule is O=C(Nc1cccc(I)c1)c1cnc(-c2cccs2)s1. The van der Waals surface area contributed by atoms with Crippen LogP contribution in [0.3, 0.4) is 0 Å². The highest BCUT2D eigenvalue weighted by Crippen LogP contribution is 2.29. The molecule has 0 saturated heterocycles. The van der Waals surface area contributed by atoms with Crippen LogP contribution in [0.1, 0.15) is 9.67 Å². The molecule has 3 rings (SSSR count). The molecule has 1 N–H and O–H groups in total. The van der Waals surface area contributed by atoms with Gasteiger partial charge >= 0.3 is 0 Å². The number of aromatic nitrogens is 1. The van der Waals surface area contributed by atoms with Gasteiger partial charge in [-0.25, -0.2) is 4.98 Å². The Hall–Kier alpha value is -1.25. The largest absolute Gasteiger partial charge is 0.321 e. The van der Waals surface area contributed by atoms with Crippen LogP contribution in [0.25, 0.3) is 9.88 Å². The van der Waals surface area contributed by atoms with Crippen LogP contribution >= 0.6 is 45.3 Å². The summed E-state index contributed by atoms with van der Waals surface area (Å²) in [5, 5.41) is 5.77. The molecular weight excluding hydrogens is 403 g/mol. The number of anilines is 1. The lowest BCUT2D eigenvalue weighted by molar-refractivity contribution is 0.103. The molecule has 0 unspecified atom stereocenters. The lowest BCUT2D eigenvalue weighted by Gasteiger charge is -2.03. The third-order valence-electron chi connectivity index (χ3n) is 2.54. The van der Waals surface area contributed by atoms with E-state index in [-0.39, 0.29) is 5.91 Å². The zero-order valence-electron chi connectivity index (χ0n) is 10.2. The number of thiophene rings is 1. The van der Waals surface area contributed by atoms with Gasteiger partial charge in [-0.2, -0.15) is 0 Å². The van der Waals surface area contributed by atoms with Gasteiger partial charge in [-0.15, -0.1) is 22.7 Å². The van der Waals surface area contributed by atoms with Crippen LogP contribution in [0.4, 0.5) is 5.69 Å². The monoisotopic (exact) mass is 412 g/mol.